The summed E-state index contributed by atoms with van der Waals surface area (Å²) in [4.78, 5) is 19.9. The molecule has 0 fully saturated rings. The molecule has 0 aliphatic rings. The van der Waals surface area contributed by atoms with Crippen molar-refractivity contribution in [2.75, 3.05) is 17.2 Å². The fourth-order valence-corrected chi connectivity index (χ4v) is 1.78. The molecule has 0 radical (unpaired) electrons. The fraction of sp³-hybridized carbons (Fsp3) is 0.154. The van der Waals surface area contributed by atoms with E-state index in [2.05, 4.69) is 36.5 Å². The lowest BCUT2D eigenvalue weighted by Crippen LogP contribution is -2.16. The summed E-state index contributed by atoms with van der Waals surface area (Å²) in [5.41, 5.74) is -0.0827. The molecular weight excluding hydrogens is 327 g/mol. The van der Waals surface area contributed by atoms with Gasteiger partial charge in [-0.3, -0.25) is 4.79 Å². The Morgan fingerprint density at radius 2 is 2.15 bits per heavy atom. The smallest absolute Gasteiger partial charge is 0.259 e. The predicted molar refractivity (Wildman–Crippen MR) is 78.2 cm³/mol. The molecule has 104 valence electrons. The molecule has 20 heavy (non-hydrogen) atoms. The van der Waals surface area contributed by atoms with Gasteiger partial charge in [0.15, 0.2) is 11.6 Å². The second-order valence-electron chi connectivity index (χ2n) is 3.87. The largest absolute Gasteiger partial charge is 0.368 e. The van der Waals surface area contributed by atoms with E-state index in [1.807, 2.05) is 6.92 Å². The summed E-state index contributed by atoms with van der Waals surface area (Å²) in [6, 6.07) is 4.67. The Kier molecular flexibility index (Phi) is 4.62. The number of hydrogen-bond donors (Lipinski definition) is 2. The highest BCUT2D eigenvalue weighted by Gasteiger charge is 2.16. The van der Waals surface area contributed by atoms with Gasteiger partial charge in [0.1, 0.15) is 5.82 Å². The van der Waals surface area contributed by atoms with Crippen molar-refractivity contribution in [1.82, 2.24) is 9.97 Å². The van der Waals surface area contributed by atoms with Gasteiger partial charge in [-0.25, -0.2) is 14.4 Å². The summed E-state index contributed by atoms with van der Waals surface area (Å²) < 4.78 is 14.9. The molecule has 2 rings (SSSR count). The molecule has 2 aromatic rings. The molecule has 0 aliphatic heterocycles. The highest BCUT2D eigenvalue weighted by atomic mass is 79.9. The van der Waals surface area contributed by atoms with E-state index in [-0.39, 0.29) is 11.4 Å². The SMILES string of the molecule is CCNc1nccc(C(=O)Nc2ccc(Br)cn2)c1F. The first-order chi connectivity index (χ1) is 9.61. The van der Waals surface area contributed by atoms with Gasteiger partial charge in [0.25, 0.3) is 5.91 Å². The van der Waals surface area contributed by atoms with Crippen molar-refractivity contribution in [3.8, 4) is 0 Å². The quantitative estimate of drug-likeness (QED) is 0.898. The third kappa shape index (κ3) is 3.30. The number of pyridine rings is 2. The third-order valence-corrected chi connectivity index (χ3v) is 2.92. The summed E-state index contributed by atoms with van der Waals surface area (Å²) in [6.07, 6.45) is 2.92. The monoisotopic (exact) mass is 338 g/mol. The maximum absolute atomic E-state index is 14.1. The van der Waals surface area contributed by atoms with Crippen LogP contribution < -0.4 is 10.6 Å². The second kappa shape index (κ2) is 6.42. The summed E-state index contributed by atoms with van der Waals surface area (Å²) in [5, 5.41) is 5.28. The van der Waals surface area contributed by atoms with Gasteiger partial charge in [-0.15, -0.1) is 0 Å². The molecule has 0 saturated heterocycles. The van der Waals surface area contributed by atoms with E-state index in [4.69, 9.17) is 0 Å². The Morgan fingerprint density at radius 3 is 2.80 bits per heavy atom. The van der Waals surface area contributed by atoms with E-state index in [1.165, 1.54) is 12.3 Å². The number of anilines is 2. The van der Waals surface area contributed by atoms with Crippen LogP contribution in [0.2, 0.25) is 0 Å². The molecule has 1 amide bonds. The van der Waals surface area contributed by atoms with Crippen molar-refractivity contribution in [2.45, 2.75) is 6.92 Å². The second-order valence-corrected chi connectivity index (χ2v) is 4.78. The van der Waals surface area contributed by atoms with Gasteiger partial charge in [0, 0.05) is 23.4 Å². The zero-order valence-corrected chi connectivity index (χ0v) is 12.2. The zero-order valence-electron chi connectivity index (χ0n) is 10.7. The van der Waals surface area contributed by atoms with Crippen LogP contribution in [0.15, 0.2) is 35.1 Å². The first-order valence-corrected chi connectivity index (χ1v) is 6.72. The van der Waals surface area contributed by atoms with E-state index in [9.17, 15) is 9.18 Å². The normalized spacial score (nSPS) is 10.2. The number of hydrogen-bond acceptors (Lipinski definition) is 4. The minimum atomic E-state index is -0.677. The summed E-state index contributed by atoms with van der Waals surface area (Å²) in [7, 11) is 0. The highest BCUT2D eigenvalue weighted by molar-refractivity contribution is 9.10. The number of nitrogens with zero attached hydrogens (tertiary/aromatic N) is 2. The van der Waals surface area contributed by atoms with Crippen LogP contribution in [0.4, 0.5) is 16.0 Å². The molecule has 2 aromatic heterocycles. The van der Waals surface area contributed by atoms with E-state index < -0.39 is 11.7 Å². The van der Waals surface area contributed by atoms with Crippen LogP contribution in [0, 0.1) is 5.82 Å². The number of carbonyl (C=O) groups excluding carboxylic acids is 1. The first kappa shape index (κ1) is 14.4. The van der Waals surface area contributed by atoms with Crippen LogP contribution in [-0.2, 0) is 0 Å². The Labute approximate surface area is 123 Å². The third-order valence-electron chi connectivity index (χ3n) is 2.45. The molecule has 0 saturated carbocycles. The van der Waals surface area contributed by atoms with Crippen LogP contribution in [0.5, 0.6) is 0 Å². The van der Waals surface area contributed by atoms with Crippen molar-refractivity contribution in [3.05, 3.63) is 46.4 Å². The van der Waals surface area contributed by atoms with Gasteiger partial charge in [-0.2, -0.15) is 0 Å². The van der Waals surface area contributed by atoms with Gasteiger partial charge in [-0.05, 0) is 41.1 Å². The molecule has 2 N–H and O–H groups in total. The number of nitrogens with one attached hydrogen (secondary N) is 2. The zero-order chi connectivity index (χ0) is 14.5. The van der Waals surface area contributed by atoms with E-state index in [0.29, 0.717) is 12.4 Å². The van der Waals surface area contributed by atoms with Gasteiger partial charge < -0.3 is 10.6 Å². The number of halogens is 2. The lowest BCUT2D eigenvalue weighted by atomic mass is 10.2. The van der Waals surface area contributed by atoms with Crippen LogP contribution in [0.3, 0.4) is 0 Å². The maximum Gasteiger partial charge on any atom is 0.259 e. The van der Waals surface area contributed by atoms with Crippen molar-refractivity contribution in [1.29, 1.82) is 0 Å². The van der Waals surface area contributed by atoms with Crippen LogP contribution in [-0.4, -0.2) is 22.4 Å². The molecule has 0 unspecified atom stereocenters. The lowest BCUT2D eigenvalue weighted by Gasteiger charge is -2.08. The standard InChI is InChI=1S/C13H12BrFN4O/c1-2-16-12-11(15)9(5-6-17-12)13(20)19-10-4-3-8(14)7-18-10/h3-7H,2H2,1H3,(H,16,17)(H,18,19,20). The lowest BCUT2D eigenvalue weighted by molar-refractivity contribution is 0.102. The van der Waals surface area contributed by atoms with Gasteiger partial charge in [0.2, 0.25) is 0 Å². The number of aromatic nitrogens is 2. The van der Waals surface area contributed by atoms with Crippen LogP contribution >= 0.6 is 15.9 Å². The Morgan fingerprint density at radius 1 is 1.35 bits per heavy atom. The fourth-order valence-electron chi connectivity index (χ4n) is 1.54. The predicted octanol–water partition coefficient (Wildman–Crippen LogP) is 3.06. The summed E-state index contributed by atoms with van der Waals surface area (Å²) in [6.45, 7) is 2.34. The molecule has 0 aliphatic carbocycles. The topological polar surface area (TPSA) is 66.9 Å². The van der Waals surface area contributed by atoms with Gasteiger partial charge in [0.05, 0.1) is 5.56 Å². The van der Waals surface area contributed by atoms with Crippen LogP contribution in [0.25, 0.3) is 0 Å². The van der Waals surface area contributed by atoms with Gasteiger partial charge in [-0.1, -0.05) is 0 Å². The number of carbonyl (C=O) groups is 1. The maximum atomic E-state index is 14.1. The first-order valence-electron chi connectivity index (χ1n) is 5.93. The van der Waals surface area contributed by atoms with E-state index >= 15 is 0 Å². The minimum absolute atomic E-state index is 0.0592. The average molecular weight is 339 g/mol. The highest BCUT2D eigenvalue weighted by Crippen LogP contribution is 2.17. The number of rotatable bonds is 4. The molecule has 0 spiro atoms. The minimum Gasteiger partial charge on any atom is -0.368 e. The van der Waals surface area contributed by atoms with Crippen molar-refractivity contribution in [2.24, 2.45) is 0 Å². The Balaban J connectivity index is 2.21. The molecule has 5 nitrogen and oxygen atoms in total. The molecule has 0 atom stereocenters. The van der Waals surface area contributed by atoms with Crippen LogP contribution in [0.1, 0.15) is 17.3 Å². The molecule has 0 aromatic carbocycles. The summed E-state index contributed by atoms with van der Waals surface area (Å²) in [5.74, 6) is -0.842. The van der Waals surface area contributed by atoms with Crippen molar-refractivity contribution >= 4 is 33.5 Å². The van der Waals surface area contributed by atoms with Crippen molar-refractivity contribution in [3.63, 3.8) is 0 Å². The van der Waals surface area contributed by atoms with Gasteiger partial charge >= 0.3 is 0 Å². The van der Waals surface area contributed by atoms with E-state index in [0.717, 1.165) is 4.47 Å². The Hall–Kier alpha value is -2.02. The summed E-state index contributed by atoms with van der Waals surface area (Å²) >= 11 is 3.24. The van der Waals surface area contributed by atoms with Crippen molar-refractivity contribution < 1.29 is 9.18 Å². The molecule has 7 heteroatoms. The number of amides is 1. The molecular formula is C13H12BrFN4O. The van der Waals surface area contributed by atoms with E-state index in [1.54, 1.807) is 18.3 Å². The average Bonchev–Trinajstić information content (AvgIpc) is 2.44. The molecule has 2 heterocycles. The Bertz CT molecular complexity index is 618. The molecule has 0 bridgehead atoms.